The molecule has 0 atom stereocenters. The summed E-state index contributed by atoms with van der Waals surface area (Å²) in [5, 5.41) is 3.78. The zero-order valence-corrected chi connectivity index (χ0v) is 19.1. The number of hydrogen-bond acceptors (Lipinski definition) is 4. The first-order valence-electron chi connectivity index (χ1n) is 9.67. The molecule has 0 amide bonds. The molecular weight excluding hydrogens is 440 g/mol. The van der Waals surface area contributed by atoms with Crippen LogP contribution in [0.15, 0.2) is 60.7 Å². The van der Waals surface area contributed by atoms with Gasteiger partial charge in [0.05, 0.1) is 19.2 Å². The quantitative estimate of drug-likeness (QED) is 0.382. The summed E-state index contributed by atoms with van der Waals surface area (Å²) in [4.78, 5) is 0. The number of ether oxygens (including phenoxy) is 3. The Morgan fingerprint density at radius 1 is 0.871 bits per heavy atom. The molecule has 0 bridgehead atoms. The Hall–Kier alpha value is -2.47. The molecule has 0 spiro atoms. The first kappa shape index (κ1) is 24.8. The molecule has 0 unspecified atom stereocenters. The standard InChI is InChI=1S/C24H25ClFNO3.ClH/c1-28-22-8-4-3-6-17(22)12-13-27-15-18-7-5-9-23(29-2)24(18)30-16-19-10-11-20(26)14-21(19)25;/h3-11,14,27H,12-13,15-16H2,1-2H3;1H. The van der Waals surface area contributed by atoms with E-state index in [1.165, 1.54) is 12.1 Å². The van der Waals surface area contributed by atoms with Crippen LogP contribution in [0.1, 0.15) is 16.7 Å². The minimum Gasteiger partial charge on any atom is -0.496 e. The molecule has 4 nitrogen and oxygen atoms in total. The van der Waals surface area contributed by atoms with Gasteiger partial charge in [-0.3, -0.25) is 0 Å². The molecule has 0 aliphatic heterocycles. The van der Waals surface area contributed by atoms with E-state index in [9.17, 15) is 4.39 Å². The van der Waals surface area contributed by atoms with Crippen molar-refractivity contribution >= 4 is 24.0 Å². The summed E-state index contributed by atoms with van der Waals surface area (Å²) in [5.41, 5.74) is 2.83. The molecule has 0 fully saturated rings. The van der Waals surface area contributed by atoms with Crippen LogP contribution in [0.5, 0.6) is 17.2 Å². The van der Waals surface area contributed by atoms with Crippen LogP contribution in [0.3, 0.4) is 0 Å². The minimum absolute atomic E-state index is 0. The monoisotopic (exact) mass is 465 g/mol. The Labute approximate surface area is 193 Å². The van der Waals surface area contributed by atoms with Crippen LogP contribution in [0, 0.1) is 5.82 Å². The largest absolute Gasteiger partial charge is 0.496 e. The van der Waals surface area contributed by atoms with Gasteiger partial charge in [-0.2, -0.15) is 0 Å². The molecule has 1 N–H and O–H groups in total. The Bertz CT molecular complexity index is 985. The van der Waals surface area contributed by atoms with Gasteiger partial charge >= 0.3 is 0 Å². The van der Waals surface area contributed by atoms with Crippen molar-refractivity contribution in [3.63, 3.8) is 0 Å². The zero-order chi connectivity index (χ0) is 21.3. The maximum absolute atomic E-state index is 13.3. The third-order valence-corrected chi connectivity index (χ3v) is 5.10. The van der Waals surface area contributed by atoms with E-state index in [0.29, 0.717) is 28.6 Å². The van der Waals surface area contributed by atoms with E-state index in [-0.39, 0.29) is 24.8 Å². The summed E-state index contributed by atoms with van der Waals surface area (Å²) in [7, 11) is 3.28. The summed E-state index contributed by atoms with van der Waals surface area (Å²) in [6.45, 7) is 1.60. The highest BCUT2D eigenvalue weighted by molar-refractivity contribution is 6.31. The molecule has 166 valence electrons. The summed E-state index contributed by atoms with van der Waals surface area (Å²) in [6.07, 6.45) is 0.843. The fourth-order valence-corrected chi connectivity index (χ4v) is 3.39. The van der Waals surface area contributed by atoms with Crippen LogP contribution < -0.4 is 19.5 Å². The highest BCUT2D eigenvalue weighted by Crippen LogP contribution is 2.32. The summed E-state index contributed by atoms with van der Waals surface area (Å²) in [6, 6.07) is 18.0. The molecule has 0 heterocycles. The number of methoxy groups -OCH3 is 2. The van der Waals surface area contributed by atoms with Crippen LogP contribution in [0.4, 0.5) is 4.39 Å². The van der Waals surface area contributed by atoms with Gasteiger partial charge in [0.2, 0.25) is 0 Å². The fraction of sp³-hybridized carbons (Fsp3) is 0.250. The number of para-hydroxylation sites is 2. The third kappa shape index (κ3) is 6.76. The topological polar surface area (TPSA) is 39.7 Å². The molecular formula is C24H26Cl2FNO3. The van der Waals surface area contributed by atoms with Crippen molar-refractivity contribution in [1.82, 2.24) is 5.32 Å². The van der Waals surface area contributed by atoms with Crippen LogP contribution in [-0.2, 0) is 19.6 Å². The highest BCUT2D eigenvalue weighted by Gasteiger charge is 2.12. The van der Waals surface area contributed by atoms with Crippen molar-refractivity contribution < 1.29 is 18.6 Å². The van der Waals surface area contributed by atoms with Gasteiger partial charge in [-0.05, 0) is 42.8 Å². The van der Waals surface area contributed by atoms with E-state index in [1.807, 2.05) is 36.4 Å². The van der Waals surface area contributed by atoms with Crippen LogP contribution >= 0.6 is 24.0 Å². The molecule has 3 rings (SSSR count). The normalized spacial score (nSPS) is 10.3. The molecule has 0 saturated carbocycles. The van der Waals surface area contributed by atoms with E-state index in [4.69, 9.17) is 25.8 Å². The Morgan fingerprint density at radius 2 is 1.58 bits per heavy atom. The summed E-state index contributed by atoms with van der Waals surface area (Å²) >= 11 is 6.12. The predicted octanol–water partition coefficient (Wildman–Crippen LogP) is 5.83. The molecule has 0 aliphatic carbocycles. The lowest BCUT2D eigenvalue weighted by atomic mass is 10.1. The van der Waals surface area contributed by atoms with Crippen molar-refractivity contribution in [2.45, 2.75) is 19.6 Å². The number of hydrogen-bond donors (Lipinski definition) is 1. The van der Waals surface area contributed by atoms with Gasteiger partial charge in [-0.1, -0.05) is 48.0 Å². The van der Waals surface area contributed by atoms with Gasteiger partial charge in [0.15, 0.2) is 11.5 Å². The zero-order valence-electron chi connectivity index (χ0n) is 17.5. The van der Waals surface area contributed by atoms with Gasteiger partial charge in [-0.15, -0.1) is 12.4 Å². The van der Waals surface area contributed by atoms with Gasteiger partial charge in [0.1, 0.15) is 18.2 Å². The van der Waals surface area contributed by atoms with E-state index < -0.39 is 0 Å². The van der Waals surface area contributed by atoms with E-state index in [0.717, 1.165) is 29.8 Å². The van der Waals surface area contributed by atoms with E-state index in [1.54, 1.807) is 20.3 Å². The SMILES string of the molecule is COc1ccccc1CCNCc1cccc(OC)c1OCc1ccc(F)cc1Cl.Cl. The third-order valence-electron chi connectivity index (χ3n) is 4.75. The smallest absolute Gasteiger partial charge is 0.166 e. The molecule has 0 radical (unpaired) electrons. The molecule has 3 aromatic carbocycles. The highest BCUT2D eigenvalue weighted by atomic mass is 35.5. The number of halogens is 3. The van der Waals surface area contributed by atoms with Crippen molar-refractivity contribution in [3.8, 4) is 17.2 Å². The molecule has 0 saturated heterocycles. The maximum Gasteiger partial charge on any atom is 0.166 e. The average molecular weight is 466 g/mol. The number of benzene rings is 3. The minimum atomic E-state index is -0.374. The Kier molecular flexibility index (Phi) is 9.92. The molecule has 3 aromatic rings. The summed E-state index contributed by atoms with van der Waals surface area (Å²) < 4.78 is 30.2. The second-order valence-corrected chi connectivity index (χ2v) is 7.12. The van der Waals surface area contributed by atoms with Crippen molar-refractivity contribution in [3.05, 3.63) is 88.2 Å². The van der Waals surface area contributed by atoms with E-state index in [2.05, 4.69) is 11.4 Å². The first-order valence-corrected chi connectivity index (χ1v) is 10.1. The van der Waals surface area contributed by atoms with Crippen LogP contribution in [0.2, 0.25) is 5.02 Å². The molecule has 0 aliphatic rings. The Balaban J connectivity index is 0.00000341. The van der Waals surface area contributed by atoms with Gasteiger partial charge < -0.3 is 19.5 Å². The molecule has 0 aromatic heterocycles. The summed E-state index contributed by atoms with van der Waals surface area (Å²) in [5.74, 6) is 1.80. The molecule has 31 heavy (non-hydrogen) atoms. The van der Waals surface area contributed by atoms with Gasteiger partial charge in [0, 0.05) is 17.7 Å². The lowest BCUT2D eigenvalue weighted by Gasteiger charge is -2.16. The van der Waals surface area contributed by atoms with Crippen LogP contribution in [-0.4, -0.2) is 20.8 Å². The average Bonchev–Trinajstić information content (AvgIpc) is 2.76. The van der Waals surface area contributed by atoms with Crippen molar-refractivity contribution in [1.29, 1.82) is 0 Å². The van der Waals surface area contributed by atoms with Gasteiger partial charge in [-0.25, -0.2) is 4.39 Å². The van der Waals surface area contributed by atoms with Crippen LogP contribution in [0.25, 0.3) is 0 Å². The van der Waals surface area contributed by atoms with E-state index >= 15 is 0 Å². The second-order valence-electron chi connectivity index (χ2n) is 6.71. The maximum atomic E-state index is 13.3. The predicted molar refractivity (Wildman–Crippen MR) is 124 cm³/mol. The first-order chi connectivity index (χ1) is 14.6. The lowest BCUT2D eigenvalue weighted by molar-refractivity contribution is 0.280. The Morgan fingerprint density at radius 3 is 2.32 bits per heavy atom. The molecule has 7 heteroatoms. The lowest BCUT2D eigenvalue weighted by Crippen LogP contribution is -2.17. The van der Waals surface area contributed by atoms with Gasteiger partial charge in [0.25, 0.3) is 0 Å². The van der Waals surface area contributed by atoms with Crippen molar-refractivity contribution in [2.24, 2.45) is 0 Å². The number of nitrogens with one attached hydrogen (secondary N) is 1. The van der Waals surface area contributed by atoms with Crippen molar-refractivity contribution in [2.75, 3.05) is 20.8 Å². The second kappa shape index (κ2) is 12.4. The number of rotatable bonds is 10. The fourth-order valence-electron chi connectivity index (χ4n) is 3.17.